The third-order valence-corrected chi connectivity index (χ3v) is 4.50. The largest absolute Gasteiger partial charge is 0.324 e. The third kappa shape index (κ3) is 5.38. The maximum atomic E-state index is 12.5. The van der Waals surface area contributed by atoms with Crippen LogP contribution >= 0.6 is 0 Å². The van der Waals surface area contributed by atoms with Crippen molar-refractivity contribution in [2.24, 2.45) is 0 Å². The van der Waals surface area contributed by atoms with Crippen LogP contribution in [-0.4, -0.2) is 26.5 Å². The number of benzene rings is 2. The van der Waals surface area contributed by atoms with Crippen molar-refractivity contribution in [3.63, 3.8) is 0 Å². The lowest BCUT2D eigenvalue weighted by atomic mass is 10.1. The van der Waals surface area contributed by atoms with Crippen LogP contribution in [0.1, 0.15) is 21.6 Å². The van der Waals surface area contributed by atoms with Gasteiger partial charge in [0.05, 0.1) is 4.92 Å². The molecular weight excluding hydrogens is 402 g/mol. The summed E-state index contributed by atoms with van der Waals surface area (Å²) in [5, 5.41) is 20.0. The van der Waals surface area contributed by atoms with Crippen LogP contribution < -0.4 is 16.2 Å². The van der Waals surface area contributed by atoms with Gasteiger partial charge >= 0.3 is 0 Å². The lowest BCUT2D eigenvalue weighted by molar-refractivity contribution is -0.384. The van der Waals surface area contributed by atoms with Crippen LogP contribution in [0.5, 0.6) is 0 Å². The molecule has 1 aromatic heterocycles. The first-order valence-corrected chi connectivity index (χ1v) is 9.24. The van der Waals surface area contributed by atoms with Gasteiger partial charge in [-0.3, -0.25) is 24.5 Å². The van der Waals surface area contributed by atoms with Crippen molar-refractivity contribution in [3.8, 4) is 0 Å². The van der Waals surface area contributed by atoms with Crippen molar-refractivity contribution in [2.75, 3.05) is 10.6 Å². The highest BCUT2D eigenvalue weighted by molar-refractivity contribution is 6.02. The highest BCUT2D eigenvalue weighted by Gasteiger charge is 2.13. The first kappa shape index (κ1) is 21.4. The average Bonchev–Trinajstić information content (AvgIpc) is 2.72. The lowest BCUT2D eigenvalue weighted by Crippen LogP contribution is -2.31. The second kappa shape index (κ2) is 8.99. The second-order valence-electron chi connectivity index (χ2n) is 6.82. The molecule has 0 radical (unpaired) electrons. The highest BCUT2D eigenvalue weighted by atomic mass is 16.6. The standard InChI is InChI=1S/C21H19N5O5/c1-13-6-7-16(10-14(13)2)23-21(29)18-8-9-20(28)25(24-18)12-19(27)22-15-4-3-5-17(11-15)26(30)31/h3-11H,12H2,1-2H3,(H,22,27)(H,23,29). The molecular formula is C21H19N5O5. The molecule has 0 aliphatic heterocycles. The number of anilines is 2. The van der Waals surface area contributed by atoms with Gasteiger partial charge < -0.3 is 10.6 Å². The molecule has 1 heterocycles. The minimum Gasteiger partial charge on any atom is -0.324 e. The fourth-order valence-electron chi connectivity index (χ4n) is 2.73. The van der Waals surface area contributed by atoms with E-state index in [1.807, 2.05) is 26.0 Å². The molecule has 31 heavy (non-hydrogen) atoms. The molecule has 0 aliphatic carbocycles. The van der Waals surface area contributed by atoms with E-state index in [1.54, 1.807) is 6.07 Å². The summed E-state index contributed by atoms with van der Waals surface area (Å²) in [5.74, 6) is -1.15. The number of non-ortho nitro benzene ring substituents is 1. The predicted molar refractivity (Wildman–Crippen MR) is 114 cm³/mol. The van der Waals surface area contributed by atoms with Crippen molar-refractivity contribution in [1.29, 1.82) is 0 Å². The number of rotatable bonds is 6. The molecule has 2 aromatic carbocycles. The molecule has 0 saturated carbocycles. The number of nitrogens with zero attached hydrogens (tertiary/aromatic N) is 3. The Labute approximate surface area is 176 Å². The third-order valence-electron chi connectivity index (χ3n) is 4.50. The zero-order valence-electron chi connectivity index (χ0n) is 16.8. The van der Waals surface area contributed by atoms with Gasteiger partial charge in [0.2, 0.25) is 5.91 Å². The van der Waals surface area contributed by atoms with Crippen LogP contribution in [0, 0.1) is 24.0 Å². The normalized spacial score (nSPS) is 10.4. The number of nitro groups is 1. The van der Waals surface area contributed by atoms with Gasteiger partial charge in [-0.2, -0.15) is 5.10 Å². The Hall–Kier alpha value is -4.34. The summed E-state index contributed by atoms with van der Waals surface area (Å²) in [5.41, 5.74) is 2.08. The number of aromatic nitrogens is 2. The number of hydrogen-bond donors (Lipinski definition) is 2. The predicted octanol–water partition coefficient (Wildman–Crippen LogP) is 2.66. The molecule has 0 saturated heterocycles. The van der Waals surface area contributed by atoms with E-state index in [2.05, 4.69) is 15.7 Å². The van der Waals surface area contributed by atoms with Gasteiger partial charge in [0.15, 0.2) is 0 Å². The van der Waals surface area contributed by atoms with E-state index >= 15 is 0 Å². The number of nitrogens with one attached hydrogen (secondary N) is 2. The Morgan fingerprint density at radius 3 is 2.45 bits per heavy atom. The SMILES string of the molecule is Cc1ccc(NC(=O)c2ccc(=O)n(CC(=O)Nc3cccc([N+](=O)[O-])c3)n2)cc1C. The molecule has 0 spiro atoms. The summed E-state index contributed by atoms with van der Waals surface area (Å²) in [6, 6.07) is 13.2. The molecule has 2 N–H and O–H groups in total. The monoisotopic (exact) mass is 421 g/mol. The zero-order chi connectivity index (χ0) is 22.5. The van der Waals surface area contributed by atoms with E-state index in [1.165, 1.54) is 30.3 Å². The molecule has 10 nitrogen and oxygen atoms in total. The number of amides is 2. The number of aryl methyl sites for hydroxylation is 2. The van der Waals surface area contributed by atoms with Crippen molar-refractivity contribution < 1.29 is 14.5 Å². The van der Waals surface area contributed by atoms with Crippen molar-refractivity contribution in [2.45, 2.75) is 20.4 Å². The topological polar surface area (TPSA) is 136 Å². The van der Waals surface area contributed by atoms with Crippen LogP contribution in [0.2, 0.25) is 0 Å². The van der Waals surface area contributed by atoms with E-state index < -0.39 is 28.8 Å². The molecule has 2 amide bonds. The zero-order valence-corrected chi connectivity index (χ0v) is 16.8. The summed E-state index contributed by atoms with van der Waals surface area (Å²) >= 11 is 0. The van der Waals surface area contributed by atoms with Crippen LogP contribution in [0.4, 0.5) is 17.1 Å². The Morgan fingerprint density at radius 1 is 1.00 bits per heavy atom. The van der Waals surface area contributed by atoms with E-state index in [4.69, 9.17) is 0 Å². The summed E-state index contributed by atoms with van der Waals surface area (Å²) in [6.07, 6.45) is 0. The first-order valence-electron chi connectivity index (χ1n) is 9.24. The maximum absolute atomic E-state index is 12.5. The number of nitro benzene ring substituents is 1. The Bertz CT molecular complexity index is 1230. The molecule has 10 heteroatoms. The molecule has 0 aliphatic rings. The van der Waals surface area contributed by atoms with Crippen LogP contribution in [0.15, 0.2) is 59.4 Å². The van der Waals surface area contributed by atoms with Gasteiger partial charge in [-0.1, -0.05) is 12.1 Å². The lowest BCUT2D eigenvalue weighted by Gasteiger charge is -2.09. The van der Waals surface area contributed by atoms with Crippen LogP contribution in [0.25, 0.3) is 0 Å². The van der Waals surface area contributed by atoms with E-state index in [0.29, 0.717) is 5.69 Å². The number of hydrogen-bond acceptors (Lipinski definition) is 6. The van der Waals surface area contributed by atoms with Gasteiger partial charge in [-0.05, 0) is 49.2 Å². The molecule has 158 valence electrons. The Balaban J connectivity index is 1.73. The molecule has 0 bridgehead atoms. The smallest absolute Gasteiger partial charge is 0.276 e. The summed E-state index contributed by atoms with van der Waals surface area (Å²) in [6.45, 7) is 3.41. The molecule has 3 aromatic rings. The summed E-state index contributed by atoms with van der Waals surface area (Å²) in [7, 11) is 0. The number of carbonyl (C=O) groups is 2. The van der Waals surface area contributed by atoms with Gasteiger partial charge in [0.25, 0.3) is 17.2 Å². The summed E-state index contributed by atoms with van der Waals surface area (Å²) < 4.78 is 0.849. The average molecular weight is 421 g/mol. The quantitative estimate of drug-likeness (QED) is 0.464. The molecule has 0 fully saturated rings. The Kier molecular flexibility index (Phi) is 6.20. The molecule has 0 atom stereocenters. The van der Waals surface area contributed by atoms with Gasteiger partial charge in [-0.25, -0.2) is 4.68 Å². The first-order chi connectivity index (χ1) is 14.7. The minimum atomic E-state index is -0.623. The molecule has 3 rings (SSSR count). The van der Waals surface area contributed by atoms with Crippen molar-refractivity contribution >= 4 is 28.9 Å². The Morgan fingerprint density at radius 2 is 1.74 bits per heavy atom. The highest BCUT2D eigenvalue weighted by Crippen LogP contribution is 2.17. The number of carbonyl (C=O) groups excluding carboxylic acids is 2. The fourth-order valence-corrected chi connectivity index (χ4v) is 2.73. The van der Waals surface area contributed by atoms with E-state index in [9.17, 15) is 24.5 Å². The fraction of sp³-hybridized carbons (Fsp3) is 0.143. The van der Waals surface area contributed by atoms with Gasteiger partial charge in [0, 0.05) is 29.6 Å². The second-order valence-corrected chi connectivity index (χ2v) is 6.82. The minimum absolute atomic E-state index is 0.0408. The van der Waals surface area contributed by atoms with E-state index in [0.717, 1.165) is 21.9 Å². The van der Waals surface area contributed by atoms with Crippen LogP contribution in [0.3, 0.4) is 0 Å². The summed E-state index contributed by atoms with van der Waals surface area (Å²) in [4.78, 5) is 47.1. The van der Waals surface area contributed by atoms with Gasteiger partial charge in [-0.15, -0.1) is 0 Å². The van der Waals surface area contributed by atoms with Gasteiger partial charge in [0.1, 0.15) is 12.2 Å². The van der Waals surface area contributed by atoms with E-state index in [-0.39, 0.29) is 17.1 Å². The van der Waals surface area contributed by atoms with Crippen molar-refractivity contribution in [1.82, 2.24) is 9.78 Å². The van der Waals surface area contributed by atoms with Crippen molar-refractivity contribution in [3.05, 3.63) is 91.9 Å². The maximum Gasteiger partial charge on any atom is 0.276 e. The van der Waals surface area contributed by atoms with Crippen LogP contribution in [-0.2, 0) is 11.3 Å². The molecule has 0 unspecified atom stereocenters.